The van der Waals surface area contributed by atoms with Crippen molar-refractivity contribution in [2.45, 2.75) is 12.5 Å². The Bertz CT molecular complexity index is 1060. The number of phenolic OH excluding ortho intramolecular Hbond substituents is 2. The third kappa shape index (κ3) is 3.35. The van der Waals surface area contributed by atoms with Gasteiger partial charge in [0.25, 0.3) is 5.91 Å². The maximum atomic E-state index is 13.2. The second-order valence-corrected chi connectivity index (χ2v) is 7.09. The first-order valence-corrected chi connectivity index (χ1v) is 9.59. The number of carbonyl (C=O) groups excluding carboxylic acids is 1. The number of H-pyrrole nitrogens is 1. The highest BCUT2D eigenvalue weighted by molar-refractivity contribution is 6.00. The van der Waals surface area contributed by atoms with Gasteiger partial charge in [-0.2, -0.15) is 5.10 Å². The summed E-state index contributed by atoms with van der Waals surface area (Å²) in [6.07, 6.45) is 0.681. The van der Waals surface area contributed by atoms with Crippen LogP contribution in [0.2, 0.25) is 0 Å². The lowest BCUT2D eigenvalue weighted by Crippen LogP contribution is -2.31. The number of methoxy groups -OCH3 is 2. The number of nitrogens with zero attached hydrogens (tertiary/aromatic N) is 2. The number of rotatable bonds is 7. The van der Waals surface area contributed by atoms with Gasteiger partial charge in [0, 0.05) is 31.4 Å². The SMILES string of the molecule is COCCCN1C(=O)c2[nH]nc(-c3ccc(O)cc3)c2C1c1ccc(O)c(OC)c1. The molecule has 3 N–H and O–H groups in total. The lowest BCUT2D eigenvalue weighted by molar-refractivity contribution is 0.0723. The fraction of sp³-hybridized carbons (Fsp3) is 0.273. The van der Waals surface area contributed by atoms with Gasteiger partial charge in [0.05, 0.1) is 18.8 Å². The van der Waals surface area contributed by atoms with Crippen LogP contribution in [0.15, 0.2) is 42.5 Å². The lowest BCUT2D eigenvalue weighted by atomic mass is 9.95. The molecular formula is C22H23N3O5. The summed E-state index contributed by atoms with van der Waals surface area (Å²) in [5.74, 6) is 0.376. The Morgan fingerprint density at radius 1 is 1.13 bits per heavy atom. The van der Waals surface area contributed by atoms with E-state index < -0.39 is 6.04 Å². The van der Waals surface area contributed by atoms with Crippen molar-refractivity contribution in [1.82, 2.24) is 15.1 Å². The molecule has 0 saturated heterocycles. The van der Waals surface area contributed by atoms with Gasteiger partial charge in [0.15, 0.2) is 11.5 Å². The van der Waals surface area contributed by atoms with E-state index in [9.17, 15) is 15.0 Å². The third-order valence-electron chi connectivity index (χ3n) is 5.27. The Kier molecular flexibility index (Phi) is 5.33. The number of amides is 1. The van der Waals surface area contributed by atoms with Crippen LogP contribution in [0.5, 0.6) is 17.2 Å². The van der Waals surface area contributed by atoms with Gasteiger partial charge in [0.1, 0.15) is 11.4 Å². The van der Waals surface area contributed by atoms with Gasteiger partial charge in [-0.15, -0.1) is 0 Å². The van der Waals surface area contributed by atoms with E-state index in [1.54, 1.807) is 54.5 Å². The average molecular weight is 409 g/mol. The topological polar surface area (TPSA) is 108 Å². The molecule has 0 radical (unpaired) electrons. The molecule has 1 aromatic heterocycles. The Labute approximate surface area is 173 Å². The number of phenols is 2. The predicted octanol–water partition coefficient (Wildman–Crippen LogP) is 3.08. The van der Waals surface area contributed by atoms with Crippen LogP contribution < -0.4 is 4.74 Å². The molecule has 2 heterocycles. The smallest absolute Gasteiger partial charge is 0.273 e. The Balaban J connectivity index is 1.83. The lowest BCUT2D eigenvalue weighted by Gasteiger charge is -2.26. The van der Waals surface area contributed by atoms with Crippen molar-refractivity contribution in [3.8, 4) is 28.5 Å². The van der Waals surface area contributed by atoms with Crippen LogP contribution >= 0.6 is 0 Å². The number of aromatic hydroxyl groups is 2. The monoisotopic (exact) mass is 409 g/mol. The molecule has 2 aromatic carbocycles. The Morgan fingerprint density at radius 2 is 1.90 bits per heavy atom. The minimum Gasteiger partial charge on any atom is -0.508 e. The molecule has 8 nitrogen and oxygen atoms in total. The molecule has 0 saturated carbocycles. The Morgan fingerprint density at radius 3 is 2.60 bits per heavy atom. The highest BCUT2D eigenvalue weighted by atomic mass is 16.5. The first-order valence-electron chi connectivity index (χ1n) is 9.59. The summed E-state index contributed by atoms with van der Waals surface area (Å²) in [6.45, 7) is 1.03. The van der Waals surface area contributed by atoms with Crippen LogP contribution in [0.4, 0.5) is 0 Å². The molecule has 0 bridgehead atoms. The maximum absolute atomic E-state index is 13.2. The molecule has 3 aromatic rings. The fourth-order valence-electron chi connectivity index (χ4n) is 3.86. The summed E-state index contributed by atoms with van der Waals surface area (Å²) in [7, 11) is 3.11. The molecule has 0 aliphatic carbocycles. The first-order chi connectivity index (χ1) is 14.5. The average Bonchev–Trinajstić information content (AvgIpc) is 3.29. The summed E-state index contributed by atoms with van der Waals surface area (Å²) in [5.41, 5.74) is 3.43. The van der Waals surface area contributed by atoms with Crippen molar-refractivity contribution in [3.63, 3.8) is 0 Å². The molecule has 1 atom stereocenters. The quantitative estimate of drug-likeness (QED) is 0.518. The summed E-state index contributed by atoms with van der Waals surface area (Å²) in [4.78, 5) is 15.0. The number of benzene rings is 2. The van der Waals surface area contributed by atoms with Gasteiger partial charge in [-0.1, -0.05) is 6.07 Å². The first kappa shape index (κ1) is 19.8. The number of aromatic amines is 1. The summed E-state index contributed by atoms with van der Waals surface area (Å²) in [5, 5.41) is 26.9. The van der Waals surface area contributed by atoms with Gasteiger partial charge >= 0.3 is 0 Å². The van der Waals surface area contributed by atoms with Crippen LogP contribution in [0.1, 0.15) is 34.1 Å². The number of nitrogens with one attached hydrogen (secondary N) is 1. The van der Waals surface area contributed by atoms with Crippen molar-refractivity contribution in [2.24, 2.45) is 0 Å². The molecular weight excluding hydrogens is 386 g/mol. The van der Waals surface area contributed by atoms with Gasteiger partial charge in [-0.25, -0.2) is 0 Å². The zero-order valence-corrected chi connectivity index (χ0v) is 16.8. The summed E-state index contributed by atoms with van der Waals surface area (Å²) >= 11 is 0. The largest absolute Gasteiger partial charge is 0.508 e. The van der Waals surface area contributed by atoms with E-state index >= 15 is 0 Å². The molecule has 4 rings (SSSR count). The third-order valence-corrected chi connectivity index (χ3v) is 5.27. The highest BCUT2D eigenvalue weighted by Crippen LogP contribution is 2.44. The summed E-state index contributed by atoms with van der Waals surface area (Å²) < 4.78 is 10.4. The van der Waals surface area contributed by atoms with Gasteiger partial charge in [-0.3, -0.25) is 9.89 Å². The number of carbonyl (C=O) groups is 1. The summed E-state index contributed by atoms with van der Waals surface area (Å²) in [6, 6.07) is 11.4. The number of hydrogen-bond donors (Lipinski definition) is 3. The van der Waals surface area contributed by atoms with Crippen molar-refractivity contribution in [3.05, 3.63) is 59.3 Å². The van der Waals surface area contributed by atoms with Crippen LogP contribution in [0.25, 0.3) is 11.3 Å². The van der Waals surface area contributed by atoms with E-state index in [0.29, 0.717) is 36.7 Å². The predicted molar refractivity (Wildman–Crippen MR) is 110 cm³/mol. The maximum Gasteiger partial charge on any atom is 0.273 e. The number of fused-ring (bicyclic) bond motifs is 1. The molecule has 1 unspecified atom stereocenters. The minimum absolute atomic E-state index is 0.0303. The van der Waals surface area contributed by atoms with Gasteiger partial charge in [0.2, 0.25) is 0 Å². The number of hydrogen-bond acceptors (Lipinski definition) is 6. The molecule has 8 heteroatoms. The molecule has 156 valence electrons. The number of ether oxygens (including phenoxy) is 2. The van der Waals surface area contributed by atoms with Crippen molar-refractivity contribution in [1.29, 1.82) is 0 Å². The number of aromatic nitrogens is 2. The zero-order valence-electron chi connectivity index (χ0n) is 16.8. The van der Waals surface area contributed by atoms with Crippen molar-refractivity contribution >= 4 is 5.91 Å². The van der Waals surface area contributed by atoms with Crippen molar-refractivity contribution < 1.29 is 24.5 Å². The molecule has 30 heavy (non-hydrogen) atoms. The standard InChI is InChI=1S/C22H23N3O5/c1-29-11-3-10-25-21(14-6-9-16(27)17(12-14)30-2)18-19(23-24-20(18)22(25)28)13-4-7-15(26)8-5-13/h4-9,12,21,26-27H,3,10-11H2,1-2H3,(H,23,24). The van der Waals surface area contributed by atoms with Gasteiger partial charge < -0.3 is 24.6 Å². The van der Waals surface area contributed by atoms with Crippen LogP contribution in [0.3, 0.4) is 0 Å². The van der Waals surface area contributed by atoms with Gasteiger partial charge in [-0.05, 0) is 48.4 Å². The van der Waals surface area contributed by atoms with E-state index in [1.807, 2.05) is 0 Å². The molecule has 1 aliphatic heterocycles. The van der Waals surface area contributed by atoms with E-state index in [4.69, 9.17) is 9.47 Å². The Hall–Kier alpha value is -3.52. The van der Waals surface area contributed by atoms with Crippen molar-refractivity contribution in [2.75, 3.05) is 27.4 Å². The molecule has 0 spiro atoms. The fourth-order valence-corrected chi connectivity index (χ4v) is 3.86. The van der Waals surface area contributed by atoms with E-state index in [1.165, 1.54) is 7.11 Å². The zero-order chi connectivity index (χ0) is 21.3. The highest BCUT2D eigenvalue weighted by Gasteiger charge is 2.42. The van der Waals surface area contributed by atoms with E-state index in [0.717, 1.165) is 16.7 Å². The normalized spacial score (nSPS) is 15.5. The molecule has 0 fully saturated rings. The van der Waals surface area contributed by atoms with E-state index in [-0.39, 0.29) is 17.4 Å². The molecule has 1 aliphatic rings. The van der Waals surface area contributed by atoms with Crippen LogP contribution in [-0.2, 0) is 4.74 Å². The minimum atomic E-state index is -0.401. The van der Waals surface area contributed by atoms with Crippen LogP contribution in [0, 0.1) is 0 Å². The van der Waals surface area contributed by atoms with E-state index in [2.05, 4.69) is 10.2 Å². The molecule has 1 amide bonds. The second kappa shape index (κ2) is 8.08. The van der Waals surface area contributed by atoms with Crippen LogP contribution in [-0.4, -0.2) is 58.6 Å². The second-order valence-electron chi connectivity index (χ2n) is 7.09.